The molecule has 8 heteroatoms. The normalized spacial score (nSPS) is 13.8. The van der Waals surface area contributed by atoms with Crippen LogP contribution in [0.2, 0.25) is 0 Å². The molecule has 128 valence electrons. The second-order valence-electron chi connectivity index (χ2n) is 5.40. The SMILES string of the molecule is CC(=O)Nc1ccc(N2C(=O)c3ccccc3C2=O)cc1C(F)(F)F. The van der Waals surface area contributed by atoms with E-state index in [1.807, 2.05) is 0 Å². The number of benzene rings is 2. The van der Waals surface area contributed by atoms with Crippen LogP contribution in [-0.2, 0) is 11.0 Å². The molecule has 1 aliphatic rings. The van der Waals surface area contributed by atoms with E-state index in [0.29, 0.717) is 11.0 Å². The Labute approximate surface area is 140 Å². The van der Waals surface area contributed by atoms with Crippen LogP contribution in [0.25, 0.3) is 0 Å². The first-order valence-corrected chi connectivity index (χ1v) is 7.17. The summed E-state index contributed by atoms with van der Waals surface area (Å²) in [5.74, 6) is -2.05. The number of hydrogen-bond acceptors (Lipinski definition) is 3. The summed E-state index contributed by atoms with van der Waals surface area (Å²) in [6, 6.07) is 8.87. The Kier molecular flexibility index (Phi) is 3.82. The second kappa shape index (κ2) is 5.73. The first-order chi connectivity index (χ1) is 11.7. The molecule has 2 aromatic rings. The van der Waals surface area contributed by atoms with Crippen molar-refractivity contribution in [2.75, 3.05) is 10.2 Å². The van der Waals surface area contributed by atoms with Crippen LogP contribution >= 0.6 is 0 Å². The number of amides is 3. The molecule has 0 saturated heterocycles. The van der Waals surface area contributed by atoms with Gasteiger partial charge in [-0.2, -0.15) is 13.2 Å². The Morgan fingerprint density at radius 3 is 2.04 bits per heavy atom. The molecular weight excluding hydrogens is 337 g/mol. The van der Waals surface area contributed by atoms with E-state index in [1.165, 1.54) is 18.2 Å². The highest BCUT2D eigenvalue weighted by molar-refractivity contribution is 6.34. The van der Waals surface area contributed by atoms with Crippen molar-refractivity contribution in [1.29, 1.82) is 0 Å². The summed E-state index contributed by atoms with van der Waals surface area (Å²) in [5, 5.41) is 2.09. The molecule has 3 amide bonds. The Morgan fingerprint density at radius 2 is 1.56 bits per heavy atom. The number of fused-ring (bicyclic) bond motifs is 1. The van der Waals surface area contributed by atoms with Crippen molar-refractivity contribution >= 4 is 29.1 Å². The lowest BCUT2D eigenvalue weighted by molar-refractivity contribution is -0.136. The van der Waals surface area contributed by atoms with Crippen molar-refractivity contribution in [2.24, 2.45) is 0 Å². The van der Waals surface area contributed by atoms with Crippen molar-refractivity contribution in [3.63, 3.8) is 0 Å². The molecule has 25 heavy (non-hydrogen) atoms. The minimum atomic E-state index is -4.77. The van der Waals surface area contributed by atoms with E-state index in [-0.39, 0.29) is 16.8 Å². The Morgan fingerprint density at radius 1 is 1.00 bits per heavy atom. The van der Waals surface area contributed by atoms with Gasteiger partial charge < -0.3 is 5.32 Å². The van der Waals surface area contributed by atoms with Crippen molar-refractivity contribution in [2.45, 2.75) is 13.1 Å². The third-order valence-corrected chi connectivity index (χ3v) is 3.67. The molecule has 0 atom stereocenters. The summed E-state index contributed by atoms with van der Waals surface area (Å²) >= 11 is 0. The number of anilines is 2. The molecule has 0 bridgehead atoms. The van der Waals surface area contributed by atoms with Crippen LogP contribution in [0.4, 0.5) is 24.5 Å². The minimum Gasteiger partial charge on any atom is -0.326 e. The van der Waals surface area contributed by atoms with Crippen LogP contribution < -0.4 is 10.2 Å². The van der Waals surface area contributed by atoms with Gasteiger partial charge in [0, 0.05) is 6.92 Å². The van der Waals surface area contributed by atoms with E-state index in [9.17, 15) is 27.6 Å². The van der Waals surface area contributed by atoms with Gasteiger partial charge in [-0.15, -0.1) is 0 Å². The fourth-order valence-electron chi connectivity index (χ4n) is 2.63. The van der Waals surface area contributed by atoms with E-state index in [0.717, 1.165) is 13.0 Å². The maximum absolute atomic E-state index is 13.3. The zero-order chi connectivity index (χ0) is 18.4. The van der Waals surface area contributed by atoms with Gasteiger partial charge in [0.05, 0.1) is 28.1 Å². The second-order valence-corrected chi connectivity index (χ2v) is 5.40. The number of alkyl halides is 3. The van der Waals surface area contributed by atoms with Gasteiger partial charge in [0.15, 0.2) is 0 Å². The third kappa shape index (κ3) is 2.86. The summed E-state index contributed by atoms with van der Waals surface area (Å²) < 4.78 is 39.8. The maximum atomic E-state index is 13.3. The van der Waals surface area contributed by atoms with Gasteiger partial charge in [0.25, 0.3) is 11.8 Å². The predicted molar refractivity (Wildman–Crippen MR) is 83.3 cm³/mol. The minimum absolute atomic E-state index is 0.131. The number of rotatable bonds is 2. The first-order valence-electron chi connectivity index (χ1n) is 7.17. The lowest BCUT2D eigenvalue weighted by Gasteiger charge is -2.19. The molecule has 2 aromatic carbocycles. The molecule has 5 nitrogen and oxygen atoms in total. The number of carbonyl (C=O) groups is 3. The largest absolute Gasteiger partial charge is 0.418 e. The summed E-state index contributed by atoms with van der Waals surface area (Å²) in [6.45, 7) is 1.08. The lowest BCUT2D eigenvalue weighted by Crippen LogP contribution is -2.29. The summed E-state index contributed by atoms with van der Waals surface area (Å²) in [4.78, 5) is 36.6. The molecule has 0 radical (unpaired) electrons. The van der Waals surface area contributed by atoms with Crippen molar-refractivity contribution in [1.82, 2.24) is 0 Å². The zero-order valence-corrected chi connectivity index (χ0v) is 12.8. The topological polar surface area (TPSA) is 66.5 Å². The number of halogens is 3. The lowest BCUT2D eigenvalue weighted by atomic mass is 10.1. The molecule has 0 fully saturated rings. The van der Waals surface area contributed by atoms with E-state index in [4.69, 9.17) is 0 Å². The number of nitrogens with zero attached hydrogens (tertiary/aromatic N) is 1. The average Bonchev–Trinajstić information content (AvgIpc) is 2.78. The van der Waals surface area contributed by atoms with Gasteiger partial charge in [-0.1, -0.05) is 12.1 Å². The number of hydrogen-bond donors (Lipinski definition) is 1. The fourth-order valence-corrected chi connectivity index (χ4v) is 2.63. The molecule has 1 heterocycles. The standard InChI is InChI=1S/C17H11F3N2O3/c1-9(23)21-14-7-6-10(8-13(14)17(18,19)20)22-15(24)11-4-2-3-5-12(11)16(22)25/h2-8H,1H3,(H,21,23). The van der Waals surface area contributed by atoms with E-state index >= 15 is 0 Å². The molecule has 0 aromatic heterocycles. The third-order valence-electron chi connectivity index (χ3n) is 3.67. The molecule has 0 spiro atoms. The van der Waals surface area contributed by atoms with Gasteiger partial charge in [0.1, 0.15) is 0 Å². The fraction of sp³-hybridized carbons (Fsp3) is 0.118. The van der Waals surface area contributed by atoms with Crippen molar-refractivity contribution < 1.29 is 27.6 Å². The monoisotopic (exact) mass is 348 g/mol. The molecule has 3 rings (SSSR count). The molecular formula is C17H11F3N2O3. The highest BCUT2D eigenvalue weighted by Gasteiger charge is 2.39. The van der Waals surface area contributed by atoms with Gasteiger partial charge in [-0.25, -0.2) is 4.90 Å². The Bertz CT molecular complexity index is 871. The van der Waals surface area contributed by atoms with E-state index in [1.54, 1.807) is 12.1 Å². The van der Waals surface area contributed by atoms with Gasteiger partial charge in [0.2, 0.25) is 5.91 Å². The Hall–Kier alpha value is -3.16. The molecule has 0 unspecified atom stereocenters. The van der Waals surface area contributed by atoms with E-state index < -0.39 is 35.1 Å². The number of imide groups is 1. The summed E-state index contributed by atoms with van der Waals surface area (Å²) in [7, 11) is 0. The number of carbonyl (C=O) groups excluding carboxylic acids is 3. The summed E-state index contributed by atoms with van der Waals surface area (Å²) in [5.41, 5.74) is -1.54. The van der Waals surface area contributed by atoms with Crippen LogP contribution in [0.3, 0.4) is 0 Å². The van der Waals surface area contributed by atoms with Crippen LogP contribution in [0.1, 0.15) is 33.2 Å². The van der Waals surface area contributed by atoms with Gasteiger partial charge in [-0.05, 0) is 30.3 Å². The van der Waals surface area contributed by atoms with Gasteiger partial charge in [-0.3, -0.25) is 14.4 Å². The maximum Gasteiger partial charge on any atom is 0.418 e. The van der Waals surface area contributed by atoms with Crippen molar-refractivity contribution in [3.8, 4) is 0 Å². The highest BCUT2D eigenvalue weighted by Crippen LogP contribution is 2.39. The summed E-state index contributed by atoms with van der Waals surface area (Å²) in [6.07, 6.45) is -4.77. The molecule has 0 saturated carbocycles. The average molecular weight is 348 g/mol. The first kappa shape index (κ1) is 16.7. The Balaban J connectivity index is 2.09. The quantitative estimate of drug-likeness (QED) is 0.845. The highest BCUT2D eigenvalue weighted by atomic mass is 19.4. The van der Waals surface area contributed by atoms with E-state index in [2.05, 4.69) is 5.32 Å². The zero-order valence-electron chi connectivity index (χ0n) is 12.8. The molecule has 0 aliphatic carbocycles. The van der Waals surface area contributed by atoms with Gasteiger partial charge >= 0.3 is 6.18 Å². The molecule has 1 N–H and O–H groups in total. The smallest absolute Gasteiger partial charge is 0.326 e. The van der Waals surface area contributed by atoms with Crippen LogP contribution in [0.15, 0.2) is 42.5 Å². The van der Waals surface area contributed by atoms with Crippen LogP contribution in [0.5, 0.6) is 0 Å². The van der Waals surface area contributed by atoms with Crippen molar-refractivity contribution in [3.05, 3.63) is 59.2 Å². The van der Waals surface area contributed by atoms with Crippen LogP contribution in [-0.4, -0.2) is 17.7 Å². The number of nitrogens with one attached hydrogen (secondary N) is 1. The van der Waals surface area contributed by atoms with Crippen LogP contribution in [0, 0.1) is 0 Å². The predicted octanol–water partition coefficient (Wildman–Crippen LogP) is 3.46. The molecule has 1 aliphatic heterocycles.